The van der Waals surface area contributed by atoms with Crippen molar-refractivity contribution in [3.05, 3.63) is 29.4 Å². The van der Waals surface area contributed by atoms with Gasteiger partial charge in [-0.05, 0) is 12.0 Å². The van der Waals surface area contributed by atoms with Gasteiger partial charge in [-0.25, -0.2) is 9.37 Å². The predicted octanol–water partition coefficient (Wildman–Crippen LogP) is 3.40. The highest BCUT2D eigenvalue weighted by atomic mass is 19.1. The number of nitrogens with zero attached hydrogens (tertiary/aromatic N) is 1. The number of aryl methyl sites for hydroxylation is 1. The number of rotatable bonds is 1. The molecule has 0 saturated heterocycles. The first-order chi connectivity index (χ1) is 6.58. The molecule has 74 valence electrons. The van der Waals surface area contributed by atoms with Crippen LogP contribution >= 0.6 is 0 Å². The number of benzene rings is 1. The zero-order valence-corrected chi connectivity index (χ0v) is 8.47. The van der Waals surface area contributed by atoms with Gasteiger partial charge >= 0.3 is 0 Å². The summed E-state index contributed by atoms with van der Waals surface area (Å²) in [5, 5.41) is 0. The monoisotopic (exact) mass is 193 g/mol. The quantitative estimate of drug-likeness (QED) is 0.693. The Kier molecular flexibility index (Phi) is 2.02. The summed E-state index contributed by atoms with van der Waals surface area (Å²) in [5.41, 5.74) is 2.19. The SMILES string of the molecule is Cc1nc2cc(F)cc(C(C)C)c2o1. The Labute approximate surface area is 81.8 Å². The minimum absolute atomic E-state index is 0.237. The average Bonchev–Trinajstić information content (AvgIpc) is 2.42. The van der Waals surface area contributed by atoms with Crippen molar-refractivity contribution >= 4 is 11.1 Å². The molecule has 2 aromatic rings. The van der Waals surface area contributed by atoms with Crippen LogP contribution in [0.15, 0.2) is 16.5 Å². The first-order valence-electron chi connectivity index (χ1n) is 4.64. The fourth-order valence-electron chi connectivity index (χ4n) is 1.56. The zero-order valence-electron chi connectivity index (χ0n) is 8.47. The van der Waals surface area contributed by atoms with Crippen molar-refractivity contribution in [2.75, 3.05) is 0 Å². The van der Waals surface area contributed by atoms with Gasteiger partial charge in [0, 0.05) is 18.6 Å². The van der Waals surface area contributed by atoms with E-state index in [2.05, 4.69) is 4.98 Å². The summed E-state index contributed by atoms with van der Waals surface area (Å²) in [7, 11) is 0. The lowest BCUT2D eigenvalue weighted by Crippen LogP contribution is -1.89. The summed E-state index contributed by atoms with van der Waals surface area (Å²) in [6.45, 7) is 5.78. The van der Waals surface area contributed by atoms with Gasteiger partial charge in [0.05, 0.1) is 0 Å². The van der Waals surface area contributed by atoms with E-state index in [1.807, 2.05) is 13.8 Å². The van der Waals surface area contributed by atoms with Crippen molar-refractivity contribution in [3.8, 4) is 0 Å². The van der Waals surface area contributed by atoms with Crippen molar-refractivity contribution in [2.45, 2.75) is 26.7 Å². The van der Waals surface area contributed by atoms with E-state index in [1.165, 1.54) is 12.1 Å². The van der Waals surface area contributed by atoms with Crippen LogP contribution in [0.25, 0.3) is 11.1 Å². The molecule has 0 fully saturated rings. The molecule has 0 N–H and O–H groups in total. The van der Waals surface area contributed by atoms with Gasteiger partial charge in [-0.3, -0.25) is 0 Å². The van der Waals surface area contributed by atoms with Gasteiger partial charge in [-0.1, -0.05) is 13.8 Å². The Morgan fingerprint density at radius 3 is 2.71 bits per heavy atom. The molecule has 0 aliphatic heterocycles. The largest absolute Gasteiger partial charge is 0.441 e. The highest BCUT2D eigenvalue weighted by molar-refractivity contribution is 5.77. The maximum Gasteiger partial charge on any atom is 0.192 e. The molecule has 0 saturated carbocycles. The van der Waals surface area contributed by atoms with E-state index in [9.17, 15) is 4.39 Å². The van der Waals surface area contributed by atoms with E-state index in [-0.39, 0.29) is 11.7 Å². The number of hydrogen-bond donors (Lipinski definition) is 0. The lowest BCUT2D eigenvalue weighted by Gasteiger charge is -2.04. The topological polar surface area (TPSA) is 26.0 Å². The molecule has 0 aliphatic carbocycles. The summed E-state index contributed by atoms with van der Waals surface area (Å²) in [5.74, 6) is 0.558. The van der Waals surface area contributed by atoms with E-state index < -0.39 is 0 Å². The summed E-state index contributed by atoms with van der Waals surface area (Å²) < 4.78 is 18.6. The van der Waals surface area contributed by atoms with Crippen LogP contribution in [0, 0.1) is 12.7 Å². The zero-order chi connectivity index (χ0) is 10.3. The molecule has 1 heterocycles. The molecule has 1 aromatic heterocycles. The standard InChI is InChI=1S/C11H12FNO/c1-6(2)9-4-8(12)5-10-11(9)14-7(3)13-10/h4-6H,1-3H3. The van der Waals surface area contributed by atoms with Crippen molar-refractivity contribution in [2.24, 2.45) is 0 Å². The van der Waals surface area contributed by atoms with Crippen LogP contribution < -0.4 is 0 Å². The third-order valence-electron chi connectivity index (χ3n) is 2.21. The summed E-state index contributed by atoms with van der Waals surface area (Å²) in [4.78, 5) is 4.11. The lowest BCUT2D eigenvalue weighted by atomic mass is 10.0. The van der Waals surface area contributed by atoms with Gasteiger partial charge in [0.15, 0.2) is 11.5 Å². The molecule has 0 spiro atoms. The van der Waals surface area contributed by atoms with Crippen LogP contribution in [0.5, 0.6) is 0 Å². The minimum atomic E-state index is -0.255. The molecule has 2 nitrogen and oxygen atoms in total. The summed E-state index contributed by atoms with van der Waals surface area (Å²) in [6, 6.07) is 2.91. The molecule has 0 radical (unpaired) electrons. The first kappa shape index (κ1) is 9.19. The van der Waals surface area contributed by atoms with Gasteiger partial charge in [-0.2, -0.15) is 0 Å². The fraction of sp³-hybridized carbons (Fsp3) is 0.364. The molecule has 14 heavy (non-hydrogen) atoms. The Hall–Kier alpha value is -1.38. The van der Waals surface area contributed by atoms with Crippen LogP contribution in [0.1, 0.15) is 31.2 Å². The maximum absolute atomic E-state index is 13.2. The number of oxazole rings is 1. The fourth-order valence-corrected chi connectivity index (χ4v) is 1.56. The molecule has 1 aromatic carbocycles. The Balaban J connectivity index is 2.79. The van der Waals surface area contributed by atoms with Gasteiger partial charge in [0.25, 0.3) is 0 Å². The van der Waals surface area contributed by atoms with E-state index in [0.29, 0.717) is 17.0 Å². The molecular formula is C11H12FNO. The van der Waals surface area contributed by atoms with Crippen molar-refractivity contribution in [1.82, 2.24) is 4.98 Å². The molecule has 0 bridgehead atoms. The number of aromatic nitrogens is 1. The smallest absolute Gasteiger partial charge is 0.192 e. The maximum atomic E-state index is 13.2. The molecule has 0 unspecified atom stereocenters. The van der Waals surface area contributed by atoms with Crippen molar-refractivity contribution in [1.29, 1.82) is 0 Å². The number of fused-ring (bicyclic) bond motifs is 1. The second-order valence-electron chi connectivity index (χ2n) is 3.73. The van der Waals surface area contributed by atoms with E-state index in [4.69, 9.17) is 4.42 Å². The normalized spacial score (nSPS) is 11.5. The Morgan fingerprint density at radius 1 is 1.36 bits per heavy atom. The van der Waals surface area contributed by atoms with Crippen LogP contribution in [-0.4, -0.2) is 4.98 Å². The molecule has 0 aliphatic rings. The van der Waals surface area contributed by atoms with Crippen molar-refractivity contribution < 1.29 is 8.81 Å². The minimum Gasteiger partial charge on any atom is -0.441 e. The molecule has 0 amide bonds. The number of hydrogen-bond acceptors (Lipinski definition) is 2. The van der Waals surface area contributed by atoms with Gasteiger partial charge in [0.1, 0.15) is 11.3 Å². The van der Waals surface area contributed by atoms with Gasteiger partial charge in [0.2, 0.25) is 0 Å². The van der Waals surface area contributed by atoms with E-state index in [0.717, 1.165) is 5.56 Å². The van der Waals surface area contributed by atoms with Crippen LogP contribution in [0.3, 0.4) is 0 Å². The highest BCUT2D eigenvalue weighted by Crippen LogP contribution is 2.27. The van der Waals surface area contributed by atoms with E-state index >= 15 is 0 Å². The molecule has 3 heteroatoms. The highest BCUT2D eigenvalue weighted by Gasteiger charge is 2.12. The first-order valence-corrected chi connectivity index (χ1v) is 4.64. The van der Waals surface area contributed by atoms with Crippen LogP contribution in [-0.2, 0) is 0 Å². The second-order valence-corrected chi connectivity index (χ2v) is 3.73. The van der Waals surface area contributed by atoms with E-state index in [1.54, 1.807) is 6.92 Å². The third-order valence-corrected chi connectivity index (χ3v) is 2.21. The van der Waals surface area contributed by atoms with Crippen LogP contribution in [0.4, 0.5) is 4.39 Å². The summed E-state index contributed by atoms with van der Waals surface area (Å²) >= 11 is 0. The van der Waals surface area contributed by atoms with Crippen molar-refractivity contribution in [3.63, 3.8) is 0 Å². The van der Waals surface area contributed by atoms with Gasteiger partial charge in [-0.15, -0.1) is 0 Å². The van der Waals surface area contributed by atoms with Gasteiger partial charge < -0.3 is 4.42 Å². The van der Waals surface area contributed by atoms with Crippen LogP contribution in [0.2, 0.25) is 0 Å². The lowest BCUT2D eigenvalue weighted by molar-refractivity contribution is 0.553. The average molecular weight is 193 g/mol. The third kappa shape index (κ3) is 1.39. The Bertz CT molecular complexity index is 473. The predicted molar refractivity (Wildman–Crippen MR) is 52.8 cm³/mol. The molecular weight excluding hydrogens is 181 g/mol. The molecule has 2 rings (SSSR count). The molecule has 0 atom stereocenters. The summed E-state index contributed by atoms with van der Waals surface area (Å²) in [6.07, 6.45) is 0. The number of halogens is 1. The second kappa shape index (κ2) is 3.08. The Morgan fingerprint density at radius 2 is 2.07 bits per heavy atom.